The first-order chi connectivity index (χ1) is 15.4. The van der Waals surface area contributed by atoms with Crippen LogP contribution in [0, 0.1) is 11.6 Å². The highest BCUT2D eigenvalue weighted by Gasteiger charge is 2.33. The molecule has 1 saturated heterocycles. The minimum atomic E-state index is -1.06. The zero-order chi connectivity index (χ0) is 22.7. The number of hydrogen-bond acceptors (Lipinski definition) is 6. The molecule has 1 fully saturated rings. The fraction of sp³-hybridized carbons (Fsp3) is 0.238. The molecule has 3 aromatic rings. The Bertz CT molecular complexity index is 1140. The van der Waals surface area contributed by atoms with E-state index in [1.54, 1.807) is 36.3 Å². The lowest BCUT2D eigenvalue weighted by Gasteiger charge is -2.23. The van der Waals surface area contributed by atoms with Crippen LogP contribution in [0.3, 0.4) is 0 Å². The largest absolute Gasteiger partial charge is 0.497 e. The standard InChI is InChI=1S/C21H19F2N5O3S/c1-31-14-7-4-12(5-8-14)25-21(30)28-10-2-3-17(28)19-26-27-20(32-19)18(29)24-13-6-9-15(22)16(23)11-13/h4-9,11,17H,2-3,10H2,1H3,(H,24,29)(H,25,30)/t17-/m0/s1. The van der Waals surface area contributed by atoms with Gasteiger partial charge in [-0.2, -0.15) is 0 Å². The van der Waals surface area contributed by atoms with Gasteiger partial charge in [0.25, 0.3) is 5.91 Å². The van der Waals surface area contributed by atoms with Gasteiger partial charge in [0.2, 0.25) is 5.01 Å². The number of amides is 3. The molecule has 1 aliphatic rings. The van der Waals surface area contributed by atoms with Crippen LogP contribution in [0.25, 0.3) is 0 Å². The molecule has 0 saturated carbocycles. The van der Waals surface area contributed by atoms with Crippen molar-refractivity contribution in [2.75, 3.05) is 24.3 Å². The summed E-state index contributed by atoms with van der Waals surface area (Å²) in [6, 6.07) is 9.46. The van der Waals surface area contributed by atoms with Crippen molar-refractivity contribution in [1.29, 1.82) is 0 Å². The second-order valence-electron chi connectivity index (χ2n) is 7.04. The van der Waals surface area contributed by atoms with Gasteiger partial charge in [-0.3, -0.25) is 4.79 Å². The maximum atomic E-state index is 13.4. The molecular weight excluding hydrogens is 440 g/mol. The summed E-state index contributed by atoms with van der Waals surface area (Å²) >= 11 is 1.06. The molecule has 3 amide bonds. The van der Waals surface area contributed by atoms with Crippen LogP contribution in [-0.4, -0.2) is 40.7 Å². The van der Waals surface area contributed by atoms with Crippen molar-refractivity contribution in [3.05, 3.63) is 64.1 Å². The highest BCUT2D eigenvalue weighted by molar-refractivity contribution is 7.13. The quantitative estimate of drug-likeness (QED) is 0.588. The van der Waals surface area contributed by atoms with Crippen molar-refractivity contribution in [3.8, 4) is 5.75 Å². The minimum absolute atomic E-state index is 0.0622. The third kappa shape index (κ3) is 4.67. The number of hydrogen-bond donors (Lipinski definition) is 2. The van der Waals surface area contributed by atoms with Crippen molar-refractivity contribution >= 4 is 34.6 Å². The average Bonchev–Trinajstić information content (AvgIpc) is 3.46. The molecule has 0 unspecified atom stereocenters. The van der Waals surface area contributed by atoms with E-state index in [1.165, 1.54) is 6.07 Å². The van der Waals surface area contributed by atoms with Crippen LogP contribution in [0.1, 0.15) is 33.7 Å². The van der Waals surface area contributed by atoms with Gasteiger partial charge < -0.3 is 20.3 Å². The van der Waals surface area contributed by atoms with Gasteiger partial charge in [0, 0.05) is 24.0 Å². The number of benzene rings is 2. The van der Waals surface area contributed by atoms with E-state index in [9.17, 15) is 18.4 Å². The Morgan fingerprint density at radius 2 is 1.81 bits per heavy atom. The van der Waals surface area contributed by atoms with Crippen LogP contribution >= 0.6 is 11.3 Å². The highest BCUT2D eigenvalue weighted by Crippen LogP contribution is 2.34. The zero-order valence-corrected chi connectivity index (χ0v) is 17.8. The number of ether oxygens (including phenoxy) is 1. The fourth-order valence-electron chi connectivity index (χ4n) is 3.36. The molecule has 1 aliphatic heterocycles. The predicted molar refractivity (Wildman–Crippen MR) is 115 cm³/mol. The number of aromatic nitrogens is 2. The van der Waals surface area contributed by atoms with Crippen molar-refractivity contribution in [3.63, 3.8) is 0 Å². The number of carbonyl (C=O) groups is 2. The zero-order valence-electron chi connectivity index (χ0n) is 17.0. The summed E-state index contributed by atoms with van der Waals surface area (Å²) in [6.07, 6.45) is 1.48. The lowest BCUT2D eigenvalue weighted by atomic mass is 10.2. The van der Waals surface area contributed by atoms with Gasteiger partial charge in [-0.25, -0.2) is 13.6 Å². The molecule has 1 atom stereocenters. The summed E-state index contributed by atoms with van der Waals surface area (Å²) in [5.74, 6) is -1.97. The normalized spacial score (nSPS) is 15.5. The van der Waals surface area contributed by atoms with Crippen molar-refractivity contribution in [2.45, 2.75) is 18.9 Å². The van der Waals surface area contributed by atoms with Crippen molar-refractivity contribution in [2.24, 2.45) is 0 Å². The molecular formula is C21H19F2N5O3S. The van der Waals surface area contributed by atoms with Crippen LogP contribution in [0.2, 0.25) is 0 Å². The Morgan fingerprint density at radius 3 is 2.53 bits per heavy atom. The van der Waals surface area contributed by atoms with Gasteiger partial charge in [-0.1, -0.05) is 11.3 Å². The van der Waals surface area contributed by atoms with E-state index in [0.29, 0.717) is 29.4 Å². The van der Waals surface area contributed by atoms with E-state index >= 15 is 0 Å². The smallest absolute Gasteiger partial charge is 0.322 e. The third-order valence-corrected chi connectivity index (χ3v) is 5.98. The molecule has 0 radical (unpaired) electrons. The molecule has 0 bridgehead atoms. The number of halogens is 2. The number of nitrogens with zero attached hydrogens (tertiary/aromatic N) is 3. The number of urea groups is 1. The maximum absolute atomic E-state index is 13.4. The molecule has 32 heavy (non-hydrogen) atoms. The lowest BCUT2D eigenvalue weighted by Crippen LogP contribution is -2.34. The first-order valence-corrected chi connectivity index (χ1v) is 10.6. The summed E-state index contributed by atoms with van der Waals surface area (Å²) in [5, 5.41) is 13.9. The molecule has 2 heterocycles. The fourth-order valence-corrected chi connectivity index (χ4v) is 4.24. The van der Waals surface area contributed by atoms with Gasteiger partial charge in [-0.05, 0) is 49.2 Å². The number of anilines is 2. The van der Waals surface area contributed by atoms with E-state index in [-0.39, 0.29) is 22.8 Å². The summed E-state index contributed by atoms with van der Waals surface area (Å²) < 4.78 is 31.5. The topological polar surface area (TPSA) is 96.4 Å². The van der Waals surface area contributed by atoms with E-state index in [0.717, 1.165) is 29.9 Å². The molecule has 11 heteroatoms. The Kier molecular flexibility index (Phi) is 6.26. The Labute approximate surface area is 186 Å². The summed E-state index contributed by atoms with van der Waals surface area (Å²) in [5.41, 5.74) is 0.734. The number of methoxy groups -OCH3 is 1. The van der Waals surface area contributed by atoms with Gasteiger partial charge in [0.1, 0.15) is 10.8 Å². The highest BCUT2D eigenvalue weighted by atomic mass is 32.1. The van der Waals surface area contributed by atoms with Crippen LogP contribution < -0.4 is 15.4 Å². The third-order valence-electron chi connectivity index (χ3n) is 4.95. The van der Waals surface area contributed by atoms with Gasteiger partial charge in [-0.15, -0.1) is 10.2 Å². The Balaban J connectivity index is 1.43. The van der Waals surface area contributed by atoms with Gasteiger partial charge in [0.15, 0.2) is 11.6 Å². The predicted octanol–water partition coefficient (Wildman–Crippen LogP) is 4.45. The minimum Gasteiger partial charge on any atom is -0.497 e. The van der Waals surface area contributed by atoms with Crippen molar-refractivity contribution in [1.82, 2.24) is 15.1 Å². The summed E-state index contributed by atoms with van der Waals surface area (Å²) in [4.78, 5) is 26.9. The monoisotopic (exact) mass is 459 g/mol. The SMILES string of the molecule is COc1ccc(NC(=O)N2CCC[C@H]2c2nnc(C(=O)Nc3ccc(F)c(F)c3)s2)cc1. The Hall–Kier alpha value is -3.60. The molecule has 0 aliphatic carbocycles. The van der Waals surface area contributed by atoms with E-state index < -0.39 is 17.5 Å². The average molecular weight is 459 g/mol. The second kappa shape index (κ2) is 9.27. The molecule has 166 valence electrons. The second-order valence-corrected chi connectivity index (χ2v) is 8.05. The van der Waals surface area contributed by atoms with Crippen LogP contribution in [0.5, 0.6) is 5.75 Å². The maximum Gasteiger partial charge on any atom is 0.322 e. The van der Waals surface area contributed by atoms with E-state index in [2.05, 4.69) is 20.8 Å². The first-order valence-electron chi connectivity index (χ1n) is 9.76. The lowest BCUT2D eigenvalue weighted by molar-refractivity contribution is 0.102. The molecule has 8 nitrogen and oxygen atoms in total. The number of nitrogens with one attached hydrogen (secondary N) is 2. The molecule has 2 N–H and O–H groups in total. The van der Waals surface area contributed by atoms with Crippen LogP contribution in [-0.2, 0) is 0 Å². The van der Waals surface area contributed by atoms with E-state index in [4.69, 9.17) is 4.74 Å². The summed E-state index contributed by atoms with van der Waals surface area (Å²) in [6.45, 7) is 0.544. The van der Waals surface area contributed by atoms with Crippen LogP contribution in [0.15, 0.2) is 42.5 Å². The van der Waals surface area contributed by atoms with E-state index in [1.807, 2.05) is 0 Å². The number of likely N-dealkylation sites (tertiary alicyclic amines) is 1. The van der Waals surface area contributed by atoms with Gasteiger partial charge in [0.05, 0.1) is 13.2 Å². The molecule has 2 aromatic carbocycles. The Morgan fingerprint density at radius 1 is 1.06 bits per heavy atom. The van der Waals surface area contributed by atoms with Crippen molar-refractivity contribution < 1.29 is 23.1 Å². The molecule has 1 aromatic heterocycles. The number of carbonyl (C=O) groups excluding carboxylic acids is 2. The van der Waals surface area contributed by atoms with Crippen LogP contribution in [0.4, 0.5) is 25.0 Å². The molecule has 0 spiro atoms. The van der Waals surface area contributed by atoms with Gasteiger partial charge >= 0.3 is 6.03 Å². The first kappa shape index (κ1) is 21.6. The number of rotatable bonds is 5. The summed E-state index contributed by atoms with van der Waals surface area (Å²) in [7, 11) is 1.57. The molecule has 4 rings (SSSR count).